The van der Waals surface area contributed by atoms with Crippen LogP contribution < -0.4 is 9.62 Å². The summed E-state index contributed by atoms with van der Waals surface area (Å²) in [5.41, 5.74) is 1.57. The normalized spacial score (nSPS) is 13.1. The van der Waals surface area contributed by atoms with Crippen LogP contribution in [0, 0.1) is 0 Å². The van der Waals surface area contributed by atoms with Crippen molar-refractivity contribution in [3.8, 4) is 0 Å². The maximum Gasteiger partial charge on any atom is 0.242 e. The van der Waals surface area contributed by atoms with E-state index in [0.717, 1.165) is 18.2 Å². The van der Waals surface area contributed by atoms with Crippen molar-refractivity contribution < 1.29 is 18.0 Å². The first-order valence-electron chi connectivity index (χ1n) is 11.9. The number of carbonyl (C=O) groups is 2. The van der Waals surface area contributed by atoms with Crippen molar-refractivity contribution in [1.82, 2.24) is 10.2 Å². The van der Waals surface area contributed by atoms with Crippen LogP contribution in [0.4, 0.5) is 5.69 Å². The van der Waals surface area contributed by atoms with Crippen molar-refractivity contribution >= 4 is 39.1 Å². The van der Waals surface area contributed by atoms with Crippen molar-refractivity contribution in [2.45, 2.75) is 58.5 Å². The Hall–Kier alpha value is -2.58. The molecule has 0 aliphatic rings. The lowest BCUT2D eigenvalue weighted by Crippen LogP contribution is -2.50. The second-order valence-electron chi connectivity index (χ2n) is 8.73. The Bertz CT molecular complexity index is 1060. The SMILES string of the molecule is CC[C@H](C)NC(=O)[C@@H](C)N(CCc1ccccc1)C(=O)CCCN(c1ccc(Cl)cc1)S(C)(=O)=O. The highest BCUT2D eigenvalue weighted by atomic mass is 35.5. The van der Waals surface area contributed by atoms with Gasteiger partial charge in [-0.2, -0.15) is 0 Å². The van der Waals surface area contributed by atoms with Crippen LogP contribution in [0.1, 0.15) is 45.6 Å². The van der Waals surface area contributed by atoms with Crippen LogP contribution in [0.2, 0.25) is 5.02 Å². The molecule has 0 heterocycles. The van der Waals surface area contributed by atoms with E-state index in [1.54, 1.807) is 36.1 Å². The molecule has 2 atom stereocenters. The predicted molar refractivity (Wildman–Crippen MR) is 142 cm³/mol. The summed E-state index contributed by atoms with van der Waals surface area (Å²) in [5.74, 6) is -0.378. The number of carbonyl (C=O) groups excluding carboxylic acids is 2. The van der Waals surface area contributed by atoms with Crippen LogP contribution in [-0.2, 0) is 26.0 Å². The molecule has 0 spiro atoms. The number of hydrogen-bond acceptors (Lipinski definition) is 4. The molecule has 2 amide bonds. The van der Waals surface area contributed by atoms with E-state index in [2.05, 4.69) is 5.32 Å². The number of rotatable bonds is 13. The zero-order valence-electron chi connectivity index (χ0n) is 20.9. The third-order valence-corrected chi connectivity index (χ3v) is 7.37. The Kier molecular flexibility index (Phi) is 11.0. The molecule has 0 radical (unpaired) electrons. The number of nitrogens with one attached hydrogen (secondary N) is 1. The highest BCUT2D eigenvalue weighted by Crippen LogP contribution is 2.21. The lowest BCUT2D eigenvalue weighted by atomic mass is 10.1. The van der Waals surface area contributed by atoms with E-state index in [4.69, 9.17) is 11.6 Å². The van der Waals surface area contributed by atoms with Gasteiger partial charge in [0.05, 0.1) is 11.9 Å². The highest BCUT2D eigenvalue weighted by molar-refractivity contribution is 7.92. The zero-order valence-corrected chi connectivity index (χ0v) is 22.5. The molecule has 7 nitrogen and oxygen atoms in total. The minimum Gasteiger partial charge on any atom is -0.352 e. The third kappa shape index (κ3) is 9.18. The molecule has 0 aliphatic carbocycles. The Balaban J connectivity index is 2.10. The standard InChI is InChI=1S/C26H36ClN3O4S/c1-5-20(2)28-26(32)21(3)29(19-17-22-10-7-6-8-11-22)25(31)12-9-18-30(35(4,33)34)24-15-13-23(27)14-16-24/h6-8,10-11,13-16,20-21H,5,9,12,17-19H2,1-4H3,(H,28,32)/t20-,21+/m0/s1. The molecule has 2 rings (SSSR count). The van der Waals surface area contributed by atoms with Crippen molar-refractivity contribution in [3.63, 3.8) is 0 Å². The fraction of sp³-hybridized carbons (Fsp3) is 0.462. The van der Waals surface area contributed by atoms with Crippen LogP contribution in [0.15, 0.2) is 54.6 Å². The lowest BCUT2D eigenvalue weighted by molar-refractivity contribution is -0.140. The Morgan fingerprint density at radius 3 is 2.20 bits per heavy atom. The van der Waals surface area contributed by atoms with Gasteiger partial charge in [0.25, 0.3) is 0 Å². The number of nitrogens with zero attached hydrogens (tertiary/aromatic N) is 2. The number of sulfonamides is 1. The molecule has 35 heavy (non-hydrogen) atoms. The Morgan fingerprint density at radius 1 is 1.00 bits per heavy atom. The molecule has 0 saturated carbocycles. The molecular formula is C26H36ClN3O4S. The largest absolute Gasteiger partial charge is 0.352 e. The van der Waals surface area contributed by atoms with Gasteiger partial charge in [0, 0.05) is 30.6 Å². The zero-order chi connectivity index (χ0) is 26.0. The summed E-state index contributed by atoms with van der Waals surface area (Å²) in [6.07, 6.45) is 2.98. The molecule has 0 bridgehead atoms. The molecule has 2 aromatic rings. The fourth-order valence-corrected chi connectivity index (χ4v) is 4.74. The van der Waals surface area contributed by atoms with E-state index >= 15 is 0 Å². The average molecular weight is 522 g/mol. The van der Waals surface area contributed by atoms with E-state index in [1.807, 2.05) is 44.2 Å². The van der Waals surface area contributed by atoms with Gasteiger partial charge < -0.3 is 10.2 Å². The van der Waals surface area contributed by atoms with Gasteiger partial charge in [-0.1, -0.05) is 48.9 Å². The number of halogens is 1. The van der Waals surface area contributed by atoms with Crippen LogP contribution in [-0.4, -0.2) is 56.6 Å². The summed E-state index contributed by atoms with van der Waals surface area (Å²) in [6.45, 7) is 6.19. The molecule has 0 saturated heterocycles. The van der Waals surface area contributed by atoms with Crippen molar-refractivity contribution in [2.24, 2.45) is 0 Å². The number of hydrogen-bond donors (Lipinski definition) is 1. The summed E-state index contributed by atoms with van der Waals surface area (Å²) in [6, 6.07) is 15.7. The first-order valence-corrected chi connectivity index (χ1v) is 14.1. The molecule has 9 heteroatoms. The molecule has 2 aromatic carbocycles. The van der Waals surface area contributed by atoms with Gasteiger partial charge in [0.15, 0.2) is 0 Å². The molecule has 0 unspecified atom stereocenters. The lowest BCUT2D eigenvalue weighted by Gasteiger charge is -2.30. The quantitative estimate of drug-likeness (QED) is 0.426. The molecule has 192 valence electrons. The molecule has 1 N–H and O–H groups in total. The minimum atomic E-state index is -3.54. The van der Waals surface area contributed by atoms with Crippen LogP contribution in [0.25, 0.3) is 0 Å². The molecule has 0 aliphatic heterocycles. The number of amides is 2. The number of benzene rings is 2. The third-order valence-electron chi connectivity index (χ3n) is 5.92. The van der Waals surface area contributed by atoms with Gasteiger partial charge in [-0.3, -0.25) is 13.9 Å². The fourth-order valence-electron chi connectivity index (χ4n) is 3.65. The smallest absolute Gasteiger partial charge is 0.242 e. The second kappa shape index (κ2) is 13.5. The maximum absolute atomic E-state index is 13.2. The summed E-state index contributed by atoms with van der Waals surface area (Å²) in [5, 5.41) is 3.46. The van der Waals surface area contributed by atoms with Crippen LogP contribution >= 0.6 is 11.6 Å². The highest BCUT2D eigenvalue weighted by Gasteiger charge is 2.26. The first-order chi connectivity index (χ1) is 16.5. The summed E-state index contributed by atoms with van der Waals surface area (Å²) < 4.78 is 26.0. The van der Waals surface area contributed by atoms with Crippen molar-refractivity contribution in [3.05, 3.63) is 65.2 Å². The number of anilines is 1. The monoisotopic (exact) mass is 521 g/mol. The maximum atomic E-state index is 13.2. The molecular weight excluding hydrogens is 486 g/mol. The summed E-state index contributed by atoms with van der Waals surface area (Å²) in [7, 11) is -3.54. The van der Waals surface area contributed by atoms with Gasteiger partial charge in [0.2, 0.25) is 21.8 Å². The van der Waals surface area contributed by atoms with Gasteiger partial charge in [0.1, 0.15) is 6.04 Å². The van der Waals surface area contributed by atoms with Crippen LogP contribution in [0.5, 0.6) is 0 Å². The summed E-state index contributed by atoms with van der Waals surface area (Å²) >= 11 is 5.93. The van der Waals surface area contributed by atoms with Gasteiger partial charge in [-0.25, -0.2) is 8.42 Å². The second-order valence-corrected chi connectivity index (χ2v) is 11.1. The Morgan fingerprint density at radius 2 is 1.63 bits per heavy atom. The molecule has 0 aromatic heterocycles. The van der Waals surface area contributed by atoms with Crippen molar-refractivity contribution in [2.75, 3.05) is 23.7 Å². The predicted octanol–water partition coefficient (Wildman–Crippen LogP) is 4.26. The molecule has 0 fully saturated rings. The Labute approximate surface area is 214 Å². The average Bonchev–Trinajstić information content (AvgIpc) is 2.82. The first kappa shape index (κ1) is 28.7. The topological polar surface area (TPSA) is 86.8 Å². The van der Waals surface area contributed by atoms with E-state index < -0.39 is 16.1 Å². The van der Waals surface area contributed by atoms with E-state index in [0.29, 0.717) is 30.1 Å². The van der Waals surface area contributed by atoms with E-state index in [-0.39, 0.29) is 30.8 Å². The van der Waals surface area contributed by atoms with E-state index in [1.165, 1.54) is 4.31 Å². The summed E-state index contributed by atoms with van der Waals surface area (Å²) in [4.78, 5) is 27.6. The van der Waals surface area contributed by atoms with E-state index in [9.17, 15) is 18.0 Å². The van der Waals surface area contributed by atoms with Crippen molar-refractivity contribution in [1.29, 1.82) is 0 Å². The minimum absolute atomic E-state index is 0.0127. The van der Waals surface area contributed by atoms with Gasteiger partial charge in [-0.15, -0.1) is 0 Å². The van der Waals surface area contributed by atoms with Crippen LogP contribution in [0.3, 0.4) is 0 Å². The van der Waals surface area contributed by atoms with Gasteiger partial charge in [-0.05, 0) is 62.9 Å². The van der Waals surface area contributed by atoms with Gasteiger partial charge >= 0.3 is 0 Å².